The SMILES string of the molecule is O=C(Cc1csc(-c2ccccc2Cl)n1)NS(=O)(=O)N1CCc2ccccc2C1. The smallest absolute Gasteiger partial charge is 0.274 e. The fraction of sp³-hybridized carbons (Fsp3) is 0.200. The van der Waals surface area contributed by atoms with Gasteiger partial charge in [-0.1, -0.05) is 54.1 Å². The Balaban J connectivity index is 1.42. The maximum Gasteiger partial charge on any atom is 0.304 e. The molecule has 1 N–H and O–H groups in total. The Morgan fingerprint density at radius 1 is 1.14 bits per heavy atom. The lowest BCUT2D eigenvalue weighted by Crippen LogP contribution is -2.46. The summed E-state index contributed by atoms with van der Waals surface area (Å²) in [5.41, 5.74) is 3.38. The summed E-state index contributed by atoms with van der Waals surface area (Å²) >= 11 is 7.55. The van der Waals surface area contributed by atoms with Crippen LogP contribution >= 0.6 is 22.9 Å². The molecule has 9 heteroatoms. The second-order valence-corrected chi connectivity index (χ2v) is 9.62. The van der Waals surface area contributed by atoms with Crippen LogP contribution in [0.1, 0.15) is 16.8 Å². The average molecular weight is 448 g/mol. The van der Waals surface area contributed by atoms with Crippen molar-refractivity contribution in [3.63, 3.8) is 0 Å². The molecule has 3 aromatic rings. The Bertz CT molecular complexity index is 1160. The van der Waals surface area contributed by atoms with Crippen molar-refractivity contribution < 1.29 is 13.2 Å². The topological polar surface area (TPSA) is 79.4 Å². The van der Waals surface area contributed by atoms with Crippen molar-refractivity contribution in [3.8, 4) is 10.6 Å². The molecular formula is C20H18ClN3O3S2. The van der Waals surface area contributed by atoms with Crippen LogP contribution in [0.2, 0.25) is 5.02 Å². The third-order valence-electron chi connectivity index (χ3n) is 4.68. The Hall–Kier alpha value is -2.26. The monoisotopic (exact) mass is 447 g/mol. The van der Waals surface area contributed by atoms with Crippen molar-refractivity contribution in [2.24, 2.45) is 0 Å². The molecule has 0 radical (unpaired) electrons. The molecule has 0 fully saturated rings. The Kier molecular flexibility index (Phi) is 5.69. The standard InChI is InChI=1S/C20H18ClN3O3S2/c21-18-8-4-3-7-17(18)20-22-16(13-28-20)11-19(25)23-29(26,27)24-10-9-14-5-1-2-6-15(14)12-24/h1-8,13H,9-12H2,(H,23,25). The maximum absolute atomic E-state index is 12.6. The van der Waals surface area contributed by atoms with Crippen LogP contribution in [0, 0.1) is 0 Å². The van der Waals surface area contributed by atoms with E-state index in [0.29, 0.717) is 28.7 Å². The summed E-state index contributed by atoms with van der Waals surface area (Å²) in [7, 11) is -3.91. The quantitative estimate of drug-likeness (QED) is 0.649. The number of nitrogens with zero attached hydrogens (tertiary/aromatic N) is 2. The zero-order chi connectivity index (χ0) is 20.4. The molecule has 0 bridgehead atoms. The summed E-state index contributed by atoms with van der Waals surface area (Å²) in [6.45, 7) is 0.596. The van der Waals surface area contributed by atoms with E-state index in [9.17, 15) is 13.2 Å². The van der Waals surface area contributed by atoms with E-state index in [1.807, 2.05) is 42.5 Å². The normalized spacial score (nSPS) is 14.4. The van der Waals surface area contributed by atoms with Gasteiger partial charge >= 0.3 is 10.2 Å². The van der Waals surface area contributed by atoms with E-state index in [2.05, 4.69) is 9.71 Å². The zero-order valence-electron chi connectivity index (χ0n) is 15.3. The second-order valence-electron chi connectivity index (χ2n) is 6.68. The molecule has 1 aromatic heterocycles. The predicted octanol–water partition coefficient (Wildman–Crippen LogP) is 3.43. The summed E-state index contributed by atoms with van der Waals surface area (Å²) in [5.74, 6) is -0.611. The highest BCUT2D eigenvalue weighted by Crippen LogP contribution is 2.30. The number of thiazole rings is 1. The number of aromatic nitrogens is 1. The van der Waals surface area contributed by atoms with Crippen molar-refractivity contribution >= 4 is 39.1 Å². The summed E-state index contributed by atoms with van der Waals surface area (Å²) < 4.78 is 28.7. The first-order chi connectivity index (χ1) is 13.9. The molecule has 0 aliphatic carbocycles. The molecule has 1 amide bonds. The third kappa shape index (κ3) is 4.51. The largest absolute Gasteiger partial charge is 0.304 e. The first-order valence-electron chi connectivity index (χ1n) is 8.99. The van der Waals surface area contributed by atoms with Crippen LogP contribution in [0.25, 0.3) is 10.6 Å². The predicted molar refractivity (Wildman–Crippen MR) is 114 cm³/mol. The van der Waals surface area contributed by atoms with Gasteiger partial charge in [-0.05, 0) is 23.6 Å². The molecular weight excluding hydrogens is 430 g/mol. The first kappa shape index (κ1) is 20.0. The average Bonchev–Trinajstić information content (AvgIpc) is 3.15. The lowest BCUT2D eigenvalue weighted by atomic mass is 10.0. The lowest BCUT2D eigenvalue weighted by molar-refractivity contribution is -0.118. The fourth-order valence-electron chi connectivity index (χ4n) is 3.23. The maximum atomic E-state index is 12.6. The molecule has 2 aromatic carbocycles. The number of rotatable bonds is 5. The summed E-state index contributed by atoms with van der Waals surface area (Å²) in [6.07, 6.45) is 0.503. The van der Waals surface area contributed by atoms with Crippen LogP contribution in [-0.4, -0.2) is 30.2 Å². The number of fused-ring (bicyclic) bond motifs is 1. The van der Waals surface area contributed by atoms with Gasteiger partial charge in [-0.25, -0.2) is 9.71 Å². The Labute approximate surface area is 178 Å². The highest BCUT2D eigenvalue weighted by atomic mass is 35.5. The van der Waals surface area contributed by atoms with Gasteiger partial charge in [-0.15, -0.1) is 11.3 Å². The van der Waals surface area contributed by atoms with Crippen molar-refractivity contribution in [3.05, 3.63) is 75.8 Å². The van der Waals surface area contributed by atoms with E-state index in [1.54, 1.807) is 11.4 Å². The molecule has 2 heterocycles. The van der Waals surface area contributed by atoms with Crippen LogP contribution in [0.3, 0.4) is 0 Å². The minimum absolute atomic E-state index is 0.120. The Morgan fingerprint density at radius 3 is 2.66 bits per heavy atom. The van der Waals surface area contributed by atoms with Gasteiger partial charge in [-0.3, -0.25) is 4.79 Å². The number of hydrogen-bond acceptors (Lipinski definition) is 5. The first-order valence-corrected chi connectivity index (χ1v) is 11.7. The molecule has 29 heavy (non-hydrogen) atoms. The lowest BCUT2D eigenvalue weighted by Gasteiger charge is -2.27. The van der Waals surface area contributed by atoms with Crippen LogP contribution in [0.4, 0.5) is 0 Å². The second kappa shape index (κ2) is 8.23. The van der Waals surface area contributed by atoms with Gasteiger partial charge in [-0.2, -0.15) is 12.7 Å². The van der Waals surface area contributed by atoms with Crippen LogP contribution in [0.15, 0.2) is 53.9 Å². The molecule has 4 rings (SSSR count). The van der Waals surface area contributed by atoms with Crippen molar-refractivity contribution in [1.82, 2.24) is 14.0 Å². The molecule has 1 aliphatic rings. The van der Waals surface area contributed by atoms with E-state index in [4.69, 9.17) is 11.6 Å². The van der Waals surface area contributed by atoms with Gasteiger partial charge in [0.05, 0.1) is 17.1 Å². The molecule has 0 saturated carbocycles. The molecule has 0 unspecified atom stereocenters. The molecule has 1 aliphatic heterocycles. The van der Waals surface area contributed by atoms with E-state index in [0.717, 1.165) is 16.7 Å². The van der Waals surface area contributed by atoms with Crippen molar-refractivity contribution in [2.75, 3.05) is 6.54 Å². The summed E-state index contributed by atoms with van der Waals surface area (Å²) in [6, 6.07) is 15.0. The number of halogens is 1. The van der Waals surface area contributed by atoms with E-state index < -0.39 is 16.1 Å². The van der Waals surface area contributed by atoms with Gasteiger partial charge in [0.15, 0.2) is 0 Å². The number of nitrogens with one attached hydrogen (secondary N) is 1. The number of hydrogen-bond donors (Lipinski definition) is 1. The van der Waals surface area contributed by atoms with Crippen LogP contribution in [0.5, 0.6) is 0 Å². The van der Waals surface area contributed by atoms with Crippen LogP contribution < -0.4 is 4.72 Å². The van der Waals surface area contributed by atoms with E-state index >= 15 is 0 Å². The minimum Gasteiger partial charge on any atom is -0.274 e. The zero-order valence-corrected chi connectivity index (χ0v) is 17.7. The van der Waals surface area contributed by atoms with Gasteiger partial charge in [0.25, 0.3) is 0 Å². The molecule has 150 valence electrons. The highest BCUT2D eigenvalue weighted by molar-refractivity contribution is 7.87. The summed E-state index contributed by atoms with van der Waals surface area (Å²) in [4.78, 5) is 16.8. The summed E-state index contributed by atoms with van der Waals surface area (Å²) in [5, 5.41) is 3.00. The number of carbonyl (C=O) groups is 1. The minimum atomic E-state index is -3.91. The van der Waals surface area contributed by atoms with Crippen LogP contribution in [-0.2, 0) is 34.4 Å². The van der Waals surface area contributed by atoms with Crippen molar-refractivity contribution in [2.45, 2.75) is 19.4 Å². The molecule has 0 atom stereocenters. The molecule has 0 saturated heterocycles. The number of carbonyl (C=O) groups excluding carboxylic acids is 1. The fourth-order valence-corrected chi connectivity index (χ4v) is 5.50. The van der Waals surface area contributed by atoms with Gasteiger partial charge < -0.3 is 0 Å². The van der Waals surface area contributed by atoms with Crippen molar-refractivity contribution in [1.29, 1.82) is 0 Å². The molecule has 6 nitrogen and oxygen atoms in total. The van der Waals surface area contributed by atoms with Gasteiger partial charge in [0.1, 0.15) is 5.01 Å². The van der Waals surface area contributed by atoms with Gasteiger partial charge in [0, 0.05) is 24.0 Å². The highest BCUT2D eigenvalue weighted by Gasteiger charge is 2.28. The number of amides is 1. The van der Waals surface area contributed by atoms with E-state index in [1.165, 1.54) is 15.6 Å². The van der Waals surface area contributed by atoms with Gasteiger partial charge in [0.2, 0.25) is 5.91 Å². The number of benzene rings is 2. The molecule has 0 spiro atoms. The van der Waals surface area contributed by atoms with E-state index in [-0.39, 0.29) is 13.0 Å². The third-order valence-corrected chi connectivity index (χ3v) is 7.41. The Morgan fingerprint density at radius 2 is 1.86 bits per heavy atom.